The van der Waals surface area contributed by atoms with Gasteiger partial charge in [-0.3, -0.25) is 14.3 Å². The molecule has 0 atom stereocenters. The molecule has 2 aromatic rings. The first kappa shape index (κ1) is 13.9. The molecule has 0 aliphatic rings. The maximum absolute atomic E-state index is 11.6. The Morgan fingerprint density at radius 2 is 2.20 bits per heavy atom. The zero-order valence-corrected chi connectivity index (χ0v) is 10.7. The molecule has 104 valence electrons. The number of pyridine rings is 1. The van der Waals surface area contributed by atoms with Gasteiger partial charge in [-0.25, -0.2) is 5.43 Å². The molecule has 0 radical (unpaired) electrons. The summed E-state index contributed by atoms with van der Waals surface area (Å²) in [4.78, 5) is 15.3. The molecular formula is C11H9N3O5S. The maximum Gasteiger partial charge on any atom is 0.328 e. The van der Waals surface area contributed by atoms with E-state index in [4.69, 9.17) is 8.97 Å². The Bertz CT molecular complexity index is 736. The third kappa shape index (κ3) is 3.49. The van der Waals surface area contributed by atoms with E-state index < -0.39 is 21.1 Å². The summed E-state index contributed by atoms with van der Waals surface area (Å²) in [5.74, 6) is -0.417. The summed E-state index contributed by atoms with van der Waals surface area (Å²) in [6, 6.07) is 5.51. The van der Waals surface area contributed by atoms with Crippen molar-refractivity contribution in [1.82, 2.24) is 10.4 Å². The molecule has 0 bridgehead atoms. The lowest BCUT2D eigenvalue weighted by molar-refractivity contribution is 0.0954. The molecule has 8 nitrogen and oxygen atoms in total. The Kier molecular flexibility index (Phi) is 3.91. The van der Waals surface area contributed by atoms with E-state index in [-0.39, 0.29) is 5.76 Å². The van der Waals surface area contributed by atoms with Crippen LogP contribution in [0.4, 0.5) is 0 Å². The van der Waals surface area contributed by atoms with Crippen LogP contribution in [0, 0.1) is 0 Å². The maximum atomic E-state index is 11.6. The van der Waals surface area contributed by atoms with E-state index in [2.05, 4.69) is 15.5 Å². The van der Waals surface area contributed by atoms with Crippen molar-refractivity contribution in [2.75, 3.05) is 0 Å². The van der Waals surface area contributed by atoms with Crippen LogP contribution < -0.4 is 5.43 Å². The lowest BCUT2D eigenvalue weighted by atomic mass is 10.3. The van der Waals surface area contributed by atoms with Gasteiger partial charge >= 0.3 is 10.1 Å². The van der Waals surface area contributed by atoms with Gasteiger partial charge in [-0.2, -0.15) is 13.5 Å². The normalized spacial score (nSPS) is 11.7. The fourth-order valence-corrected chi connectivity index (χ4v) is 1.70. The van der Waals surface area contributed by atoms with Crippen molar-refractivity contribution in [2.24, 2.45) is 5.10 Å². The number of rotatable bonds is 4. The van der Waals surface area contributed by atoms with Gasteiger partial charge in [0.1, 0.15) is 5.76 Å². The van der Waals surface area contributed by atoms with Crippen LogP contribution in [0.1, 0.15) is 16.1 Å². The third-order valence-corrected chi connectivity index (χ3v) is 2.87. The molecule has 2 heterocycles. The van der Waals surface area contributed by atoms with Crippen molar-refractivity contribution < 1.29 is 22.2 Å². The molecule has 9 heteroatoms. The van der Waals surface area contributed by atoms with Crippen LogP contribution in [0.25, 0.3) is 0 Å². The van der Waals surface area contributed by atoms with E-state index in [1.165, 1.54) is 18.5 Å². The zero-order valence-electron chi connectivity index (χ0n) is 9.92. The van der Waals surface area contributed by atoms with E-state index in [1.807, 2.05) is 0 Å². The van der Waals surface area contributed by atoms with Crippen LogP contribution in [0.15, 0.2) is 51.3 Å². The molecule has 0 fully saturated rings. The first-order valence-electron chi connectivity index (χ1n) is 5.27. The fraction of sp³-hybridized carbons (Fsp3) is 0. The summed E-state index contributed by atoms with van der Waals surface area (Å²) in [6.45, 7) is 0. The highest BCUT2D eigenvalue weighted by atomic mass is 32.2. The molecule has 0 saturated heterocycles. The smallest absolute Gasteiger partial charge is 0.328 e. The Morgan fingerprint density at radius 3 is 2.80 bits per heavy atom. The van der Waals surface area contributed by atoms with Gasteiger partial charge in [0.05, 0.1) is 11.8 Å². The number of carbonyl (C=O) groups is 1. The summed E-state index contributed by atoms with van der Waals surface area (Å²) in [5.41, 5.74) is 2.54. The molecule has 2 rings (SSSR count). The van der Waals surface area contributed by atoms with Crippen LogP contribution in [0.2, 0.25) is 0 Å². The van der Waals surface area contributed by atoms with Gasteiger partial charge in [-0.05, 0) is 24.3 Å². The molecule has 2 N–H and O–H groups in total. The summed E-state index contributed by atoms with van der Waals surface area (Å²) < 4.78 is 35.0. The molecule has 1 amide bonds. The second-order valence-corrected chi connectivity index (χ2v) is 4.93. The molecule has 20 heavy (non-hydrogen) atoms. The Balaban J connectivity index is 2.01. The second-order valence-electron chi connectivity index (χ2n) is 3.57. The van der Waals surface area contributed by atoms with Crippen LogP contribution in [-0.4, -0.2) is 30.1 Å². The molecule has 0 aliphatic heterocycles. The second kappa shape index (κ2) is 5.63. The van der Waals surface area contributed by atoms with Gasteiger partial charge < -0.3 is 4.42 Å². The number of furan rings is 1. The minimum absolute atomic E-state index is 0.0594. The van der Waals surface area contributed by atoms with Crippen molar-refractivity contribution in [2.45, 2.75) is 5.09 Å². The van der Waals surface area contributed by atoms with E-state index in [0.717, 1.165) is 12.3 Å². The molecule has 0 spiro atoms. The largest absolute Gasteiger partial charge is 0.441 e. The molecule has 0 aliphatic carbocycles. The predicted molar refractivity (Wildman–Crippen MR) is 67.8 cm³/mol. The van der Waals surface area contributed by atoms with Crippen LogP contribution in [-0.2, 0) is 10.1 Å². The van der Waals surface area contributed by atoms with Crippen molar-refractivity contribution in [3.63, 3.8) is 0 Å². The number of nitrogens with zero attached hydrogens (tertiary/aromatic N) is 2. The number of aromatic nitrogens is 1. The van der Waals surface area contributed by atoms with Crippen molar-refractivity contribution >= 4 is 22.2 Å². The lowest BCUT2D eigenvalue weighted by Crippen LogP contribution is -2.17. The highest BCUT2D eigenvalue weighted by Gasteiger charge is 2.14. The summed E-state index contributed by atoms with van der Waals surface area (Å²) in [7, 11) is -4.39. The van der Waals surface area contributed by atoms with Crippen molar-refractivity contribution in [3.8, 4) is 0 Å². The van der Waals surface area contributed by atoms with Gasteiger partial charge in [-0.15, -0.1) is 0 Å². The first-order chi connectivity index (χ1) is 9.47. The van der Waals surface area contributed by atoms with E-state index in [0.29, 0.717) is 5.56 Å². The van der Waals surface area contributed by atoms with E-state index >= 15 is 0 Å². The Labute approximate surface area is 113 Å². The summed E-state index contributed by atoms with van der Waals surface area (Å²) >= 11 is 0. The number of hydrazone groups is 1. The standard InChI is InChI=1S/C11H9N3O5S/c15-11(8-2-1-5-12-6-8)14-13-7-9-3-4-10(19-9)20(16,17)18/h1-7H,(H,14,15)(H,16,17,18). The van der Waals surface area contributed by atoms with Crippen LogP contribution in [0.3, 0.4) is 0 Å². The van der Waals surface area contributed by atoms with Crippen molar-refractivity contribution in [1.29, 1.82) is 0 Å². The lowest BCUT2D eigenvalue weighted by Gasteiger charge is -1.97. The molecule has 0 unspecified atom stereocenters. The highest BCUT2D eigenvalue weighted by Crippen LogP contribution is 2.11. The minimum Gasteiger partial charge on any atom is -0.441 e. The highest BCUT2D eigenvalue weighted by molar-refractivity contribution is 7.85. The van der Waals surface area contributed by atoms with Crippen LogP contribution in [0.5, 0.6) is 0 Å². The predicted octanol–water partition coefficient (Wildman–Crippen LogP) is 0.685. The number of hydrogen-bond acceptors (Lipinski definition) is 6. The monoisotopic (exact) mass is 295 g/mol. The third-order valence-electron chi connectivity index (χ3n) is 2.14. The number of hydrogen-bond donors (Lipinski definition) is 2. The van der Waals surface area contributed by atoms with E-state index in [9.17, 15) is 13.2 Å². The topological polar surface area (TPSA) is 122 Å². The summed E-state index contributed by atoms with van der Waals surface area (Å²) in [6.07, 6.45) is 4.00. The first-order valence-corrected chi connectivity index (χ1v) is 6.71. The van der Waals surface area contributed by atoms with Crippen LogP contribution >= 0.6 is 0 Å². The van der Waals surface area contributed by atoms with Gasteiger partial charge in [0.25, 0.3) is 5.91 Å². The van der Waals surface area contributed by atoms with E-state index in [1.54, 1.807) is 12.1 Å². The zero-order chi connectivity index (χ0) is 14.6. The molecular weight excluding hydrogens is 286 g/mol. The van der Waals surface area contributed by atoms with Crippen molar-refractivity contribution in [3.05, 3.63) is 48.0 Å². The summed E-state index contributed by atoms with van der Waals surface area (Å²) in [5, 5.41) is 2.99. The van der Waals surface area contributed by atoms with Gasteiger partial charge in [0.2, 0.25) is 5.09 Å². The number of carbonyl (C=O) groups excluding carboxylic acids is 1. The average molecular weight is 295 g/mol. The minimum atomic E-state index is -4.39. The molecule has 2 aromatic heterocycles. The average Bonchev–Trinajstić information content (AvgIpc) is 2.88. The number of nitrogens with one attached hydrogen (secondary N) is 1. The number of amides is 1. The SMILES string of the molecule is O=C(NN=Cc1ccc(S(=O)(=O)O)o1)c1cccnc1. The Hall–Kier alpha value is -2.52. The Morgan fingerprint density at radius 1 is 1.40 bits per heavy atom. The quantitative estimate of drug-likeness (QED) is 0.486. The van der Waals surface area contributed by atoms with Gasteiger partial charge in [-0.1, -0.05) is 0 Å². The van der Waals surface area contributed by atoms with Gasteiger partial charge in [0, 0.05) is 12.4 Å². The molecule has 0 aromatic carbocycles. The fourth-order valence-electron chi connectivity index (χ4n) is 1.26. The molecule has 0 saturated carbocycles. The van der Waals surface area contributed by atoms with Gasteiger partial charge in [0.15, 0.2) is 0 Å².